The van der Waals surface area contributed by atoms with Gasteiger partial charge in [0.2, 0.25) is 11.3 Å². The minimum absolute atomic E-state index is 0.149. The minimum atomic E-state index is -1.20. The Morgan fingerprint density at radius 1 is 1.06 bits per heavy atom. The van der Waals surface area contributed by atoms with Crippen LogP contribution in [-0.2, 0) is 18.3 Å². The van der Waals surface area contributed by atoms with Crippen LogP contribution in [0.2, 0.25) is 0 Å². The first-order valence-electron chi connectivity index (χ1n) is 15.9. The van der Waals surface area contributed by atoms with Crippen molar-refractivity contribution in [3.05, 3.63) is 61.7 Å². The van der Waals surface area contributed by atoms with Crippen molar-refractivity contribution in [3.63, 3.8) is 0 Å². The number of nitrogens with zero attached hydrogens (tertiary/aromatic N) is 6. The van der Waals surface area contributed by atoms with E-state index in [0.717, 1.165) is 50.2 Å². The third-order valence-electron chi connectivity index (χ3n) is 9.21. The normalized spacial score (nSPS) is 15.1. The number of carboxylic acids is 1. The summed E-state index contributed by atoms with van der Waals surface area (Å²) in [6, 6.07) is 10.4. The van der Waals surface area contributed by atoms with E-state index < -0.39 is 32.1 Å². The van der Waals surface area contributed by atoms with Gasteiger partial charge in [-0.2, -0.15) is 0 Å². The molecule has 2 fully saturated rings. The molecule has 1 aliphatic carbocycles. The summed E-state index contributed by atoms with van der Waals surface area (Å²) in [6.07, 6.45) is 5.33. The zero-order valence-electron chi connectivity index (χ0n) is 26.4. The summed E-state index contributed by atoms with van der Waals surface area (Å²) >= 11 is 11.4. The topological polar surface area (TPSA) is 104 Å². The predicted molar refractivity (Wildman–Crippen MR) is 199 cm³/mol. The first-order valence-corrected chi connectivity index (χ1v) is 19.6. The van der Waals surface area contributed by atoms with E-state index in [2.05, 4.69) is 37.1 Å². The number of hydrogen-bond acceptors (Lipinski definition) is 6. The van der Waals surface area contributed by atoms with Gasteiger partial charge in [0.1, 0.15) is 11.4 Å². The molecule has 0 unspecified atom stereocenters. The Bertz CT molecular complexity index is 1890. The fraction of sp³-hybridized carbons (Fsp3) is 0.441. The summed E-state index contributed by atoms with van der Waals surface area (Å²) in [7, 11) is 2.02. The van der Waals surface area contributed by atoms with E-state index in [-0.39, 0.29) is 17.5 Å². The second-order valence-electron chi connectivity index (χ2n) is 12.1. The molecule has 2 aliphatic rings. The molecular weight excluding hydrogens is 754 g/mol. The van der Waals surface area contributed by atoms with Crippen LogP contribution >= 0.6 is 43.9 Å². The number of anilines is 2. The van der Waals surface area contributed by atoms with Crippen molar-refractivity contribution in [2.45, 2.75) is 38.1 Å². The van der Waals surface area contributed by atoms with E-state index in [4.69, 9.17) is 28.2 Å². The number of benzene rings is 2. The standard InChI is InChI=1S/C34H39Cl2IN6O4/c1-37-26-19-24-29(43(22-6-7-22)21-25(33(24)45)34(46)47)20-30(26)41-14-16-42(17-15-41)32(44)5-3-4-31-38-27-18-23(8-9-28(27)39(31)2)40(12-10-35)13-11-36/h8-9,18-22H,1,3-7,10-17H2,2H3,(H,46,47). The summed E-state index contributed by atoms with van der Waals surface area (Å²) < 4.78 is 9.28. The number of rotatable bonds is 13. The second kappa shape index (κ2) is 14.5. The molecule has 1 N–H and O–H groups in total. The maximum Gasteiger partial charge on any atom is 0.341 e. The summed E-state index contributed by atoms with van der Waals surface area (Å²) in [5.41, 5.74) is 4.22. The molecule has 1 amide bonds. The number of carbonyl (C=O) groups is 2. The molecule has 4 aromatic rings. The van der Waals surface area contributed by atoms with E-state index in [1.54, 1.807) is 0 Å². The number of imidazole rings is 1. The third kappa shape index (κ3) is 7.03. The van der Waals surface area contributed by atoms with Crippen LogP contribution in [-0.4, -0.2) is 91.5 Å². The monoisotopic (exact) mass is 792 g/mol. The van der Waals surface area contributed by atoms with E-state index in [1.807, 2.05) is 28.6 Å². The molecule has 0 bridgehead atoms. The highest BCUT2D eigenvalue weighted by Gasteiger charge is 2.29. The average Bonchev–Trinajstić information content (AvgIpc) is 3.87. The molecule has 1 saturated carbocycles. The van der Waals surface area contributed by atoms with Crippen molar-refractivity contribution in [2.24, 2.45) is 7.05 Å². The molecule has 10 nitrogen and oxygen atoms in total. The molecule has 1 saturated heterocycles. The van der Waals surface area contributed by atoms with Crippen LogP contribution in [0.15, 0.2) is 41.3 Å². The Labute approximate surface area is 293 Å². The number of fused-ring (bicyclic) bond motifs is 2. The molecule has 0 spiro atoms. The van der Waals surface area contributed by atoms with Gasteiger partial charge in [0.05, 0.1) is 22.2 Å². The number of aryl methyl sites for hydroxylation is 2. The highest BCUT2D eigenvalue weighted by molar-refractivity contribution is 14.2. The van der Waals surface area contributed by atoms with Crippen LogP contribution in [0.3, 0.4) is 0 Å². The quantitative estimate of drug-likeness (QED) is 0.142. The Balaban J connectivity index is 1.10. The summed E-state index contributed by atoms with van der Waals surface area (Å²) in [6.45, 7) is 4.05. The van der Waals surface area contributed by atoms with Crippen molar-refractivity contribution >= 4 is 93.6 Å². The van der Waals surface area contributed by atoms with Crippen molar-refractivity contribution in [2.75, 3.05) is 60.8 Å². The van der Waals surface area contributed by atoms with Gasteiger partial charge >= 0.3 is 5.97 Å². The Hall–Kier alpha value is -3.16. The summed E-state index contributed by atoms with van der Waals surface area (Å²) in [4.78, 5) is 49.4. The van der Waals surface area contributed by atoms with Gasteiger partial charge in [0.15, 0.2) is 0 Å². The van der Waals surface area contributed by atoms with Crippen molar-refractivity contribution < 1.29 is 14.7 Å². The number of aromatic nitrogens is 3. The Kier molecular flexibility index (Phi) is 10.4. The lowest BCUT2D eigenvalue weighted by molar-refractivity contribution is -0.131. The molecule has 2 aromatic heterocycles. The summed E-state index contributed by atoms with van der Waals surface area (Å²) in [5.74, 6) is 0.951. The van der Waals surface area contributed by atoms with Crippen molar-refractivity contribution in [1.82, 2.24) is 19.0 Å². The second-order valence-corrected chi connectivity index (χ2v) is 14.8. The fourth-order valence-electron chi connectivity index (χ4n) is 6.50. The van der Waals surface area contributed by atoms with E-state index in [0.29, 0.717) is 75.7 Å². The Morgan fingerprint density at radius 3 is 2.43 bits per heavy atom. The van der Waals surface area contributed by atoms with Gasteiger partial charge < -0.3 is 28.9 Å². The lowest BCUT2D eigenvalue weighted by Crippen LogP contribution is -2.49. The first-order chi connectivity index (χ1) is 22.7. The molecule has 250 valence electrons. The molecule has 3 heterocycles. The van der Waals surface area contributed by atoms with Gasteiger partial charge in [-0.25, -0.2) is 9.78 Å². The Morgan fingerprint density at radius 2 is 1.79 bits per heavy atom. The van der Waals surface area contributed by atoms with E-state index in [9.17, 15) is 19.5 Å². The lowest BCUT2D eigenvalue weighted by Gasteiger charge is -2.37. The number of pyridine rings is 1. The van der Waals surface area contributed by atoms with Crippen molar-refractivity contribution in [3.8, 4) is 0 Å². The summed E-state index contributed by atoms with van der Waals surface area (Å²) in [5, 5.41) is 10.1. The van der Waals surface area contributed by atoms with Crippen LogP contribution in [0.25, 0.3) is 21.9 Å². The maximum absolute atomic E-state index is 13.2. The number of alkyl halides is 2. The highest BCUT2D eigenvalue weighted by atomic mass is 127. The molecule has 6 rings (SSSR count). The third-order valence-corrected chi connectivity index (χ3v) is 11.2. The van der Waals surface area contributed by atoms with Gasteiger partial charge in [-0.1, -0.05) is 25.2 Å². The number of aromatic carboxylic acids is 1. The van der Waals surface area contributed by atoms with Gasteiger partial charge in [0.25, 0.3) is 0 Å². The zero-order chi connectivity index (χ0) is 33.2. The van der Waals surface area contributed by atoms with Gasteiger partial charge in [-0.3, -0.25) is 9.59 Å². The lowest BCUT2D eigenvalue weighted by atomic mass is 10.1. The molecule has 13 heteroatoms. The number of hydrogen-bond donors (Lipinski definition) is 1. The van der Waals surface area contributed by atoms with Crippen LogP contribution in [0.5, 0.6) is 0 Å². The average molecular weight is 794 g/mol. The molecular formula is C34H39Cl2IN6O4. The number of carboxylic acid groups (broad SMARTS) is 1. The maximum atomic E-state index is 13.2. The zero-order valence-corrected chi connectivity index (χ0v) is 30.1. The number of halogens is 3. The molecule has 1 aliphatic heterocycles. The molecule has 47 heavy (non-hydrogen) atoms. The van der Waals surface area contributed by atoms with E-state index >= 15 is 0 Å². The van der Waals surface area contributed by atoms with Crippen molar-refractivity contribution in [1.29, 1.82) is 0 Å². The van der Waals surface area contributed by atoms with Gasteiger partial charge in [0, 0.05) is 97.8 Å². The first kappa shape index (κ1) is 33.7. The van der Waals surface area contributed by atoms with Crippen LogP contribution in [0.4, 0.5) is 11.4 Å². The number of amides is 1. The molecule has 0 radical (unpaired) electrons. The highest BCUT2D eigenvalue weighted by Crippen LogP contribution is 2.39. The van der Waals surface area contributed by atoms with Gasteiger partial charge in [-0.15, -0.1) is 23.2 Å². The largest absolute Gasteiger partial charge is 0.477 e. The molecule has 2 aromatic carbocycles. The SMILES string of the molecule is C=Ic1cc2c(=O)c(C(=O)O)cn(C3CC3)c2cc1N1CCN(C(=O)CCCc2nc3cc(N(CCCl)CCCl)ccc3n2C)CC1. The van der Waals surface area contributed by atoms with Crippen LogP contribution in [0.1, 0.15) is 47.9 Å². The fourth-order valence-corrected chi connectivity index (χ4v) is 8.33. The van der Waals surface area contributed by atoms with Crippen LogP contribution in [0, 0.1) is 3.57 Å². The van der Waals surface area contributed by atoms with Crippen LogP contribution < -0.4 is 15.2 Å². The smallest absolute Gasteiger partial charge is 0.341 e. The minimum Gasteiger partial charge on any atom is -0.477 e. The number of piperazine rings is 1. The molecule has 0 atom stereocenters. The predicted octanol–water partition coefficient (Wildman–Crippen LogP) is 5.45. The number of carbonyl (C=O) groups excluding carboxylic acids is 1. The van der Waals surface area contributed by atoms with Gasteiger partial charge in [-0.05, 0) is 49.6 Å². The van der Waals surface area contributed by atoms with E-state index in [1.165, 1.54) is 6.20 Å².